The summed E-state index contributed by atoms with van der Waals surface area (Å²) in [6.07, 6.45) is 0. The van der Waals surface area contributed by atoms with Gasteiger partial charge in [0.25, 0.3) is 5.79 Å². The second kappa shape index (κ2) is 4.30. The van der Waals surface area contributed by atoms with Crippen molar-refractivity contribution in [3.05, 3.63) is 12.3 Å². The molecule has 76 valence electrons. The first-order valence-corrected chi connectivity index (χ1v) is 4.32. The van der Waals surface area contributed by atoms with E-state index in [4.69, 9.17) is 9.47 Å². The van der Waals surface area contributed by atoms with Crippen LogP contribution in [0.4, 0.5) is 0 Å². The topological polar surface area (TPSA) is 35.5 Å². The monoisotopic (exact) mass is 186 g/mol. The second-order valence-electron chi connectivity index (χ2n) is 3.57. The number of hydrogen-bond donors (Lipinski definition) is 0. The molecule has 0 aromatic rings. The van der Waals surface area contributed by atoms with Crippen LogP contribution in [-0.4, -0.2) is 11.8 Å². The highest BCUT2D eigenvalue weighted by Crippen LogP contribution is 2.25. The summed E-state index contributed by atoms with van der Waals surface area (Å²) in [5, 5.41) is 0. The second-order valence-corrected chi connectivity index (χ2v) is 3.57. The zero-order chi connectivity index (χ0) is 10.6. The van der Waals surface area contributed by atoms with E-state index in [9.17, 15) is 4.79 Å². The van der Waals surface area contributed by atoms with Gasteiger partial charge in [0, 0.05) is 19.8 Å². The molecule has 0 N–H and O–H groups in total. The van der Waals surface area contributed by atoms with E-state index in [-0.39, 0.29) is 11.9 Å². The Morgan fingerprint density at radius 3 is 2.00 bits per heavy atom. The molecule has 0 spiro atoms. The first-order valence-electron chi connectivity index (χ1n) is 4.32. The summed E-state index contributed by atoms with van der Waals surface area (Å²) >= 11 is 0. The Morgan fingerprint density at radius 1 is 1.31 bits per heavy atom. The predicted octanol–water partition coefficient (Wildman–Crippen LogP) is 2.47. The lowest BCUT2D eigenvalue weighted by molar-refractivity contribution is -0.224. The van der Waals surface area contributed by atoms with Gasteiger partial charge in [-0.2, -0.15) is 0 Å². The average molecular weight is 186 g/mol. The number of rotatable bonds is 4. The number of hydrogen-bond acceptors (Lipinski definition) is 3. The minimum atomic E-state index is -0.905. The van der Waals surface area contributed by atoms with Crippen LogP contribution in [0, 0.1) is 5.92 Å². The van der Waals surface area contributed by atoms with E-state index in [0.717, 1.165) is 0 Å². The van der Waals surface area contributed by atoms with Crippen molar-refractivity contribution in [3.8, 4) is 0 Å². The van der Waals surface area contributed by atoms with Crippen molar-refractivity contribution in [1.82, 2.24) is 0 Å². The highest BCUT2D eigenvalue weighted by molar-refractivity contribution is 5.66. The largest absolute Gasteiger partial charge is 0.458 e. The third-order valence-corrected chi connectivity index (χ3v) is 1.77. The molecule has 0 amide bonds. The summed E-state index contributed by atoms with van der Waals surface area (Å²) in [5.41, 5.74) is 0. The predicted molar refractivity (Wildman–Crippen MR) is 50.9 cm³/mol. The molecule has 0 rings (SSSR count). The fourth-order valence-electron chi connectivity index (χ4n) is 0.888. The Morgan fingerprint density at radius 2 is 1.77 bits per heavy atom. The molecule has 0 aliphatic rings. The van der Waals surface area contributed by atoms with Gasteiger partial charge in [-0.3, -0.25) is 4.79 Å². The molecule has 0 aliphatic heterocycles. The maximum Gasteiger partial charge on any atom is 0.305 e. The van der Waals surface area contributed by atoms with Crippen molar-refractivity contribution in [2.45, 2.75) is 40.4 Å². The molecule has 1 atom stereocenters. The van der Waals surface area contributed by atoms with Crippen molar-refractivity contribution >= 4 is 5.97 Å². The fourth-order valence-corrected chi connectivity index (χ4v) is 0.888. The Kier molecular flexibility index (Phi) is 3.98. The van der Waals surface area contributed by atoms with Crippen LogP contribution >= 0.6 is 0 Å². The molecule has 1 unspecified atom stereocenters. The van der Waals surface area contributed by atoms with Gasteiger partial charge >= 0.3 is 5.97 Å². The SMILES string of the molecule is C=C(C)OC(C)(OC(C)=O)C(C)C. The van der Waals surface area contributed by atoms with E-state index >= 15 is 0 Å². The zero-order valence-electron chi connectivity index (χ0n) is 9.01. The minimum absolute atomic E-state index is 0.0769. The molecule has 13 heavy (non-hydrogen) atoms. The quantitative estimate of drug-likeness (QED) is 0.384. The summed E-state index contributed by atoms with van der Waals surface area (Å²) < 4.78 is 10.5. The maximum absolute atomic E-state index is 10.8. The van der Waals surface area contributed by atoms with Crippen molar-refractivity contribution in [3.63, 3.8) is 0 Å². The standard InChI is InChI=1S/C10H18O3/c1-7(2)10(6,12-8(3)4)13-9(5)11/h7H,3H2,1-2,4-6H3. The van der Waals surface area contributed by atoms with Crippen molar-refractivity contribution in [1.29, 1.82) is 0 Å². The Labute approximate surface area is 79.7 Å². The van der Waals surface area contributed by atoms with Gasteiger partial charge in [-0.15, -0.1) is 0 Å². The Hall–Kier alpha value is -0.990. The van der Waals surface area contributed by atoms with E-state index < -0.39 is 5.79 Å². The lowest BCUT2D eigenvalue weighted by Crippen LogP contribution is -2.39. The molecule has 0 aromatic carbocycles. The van der Waals surface area contributed by atoms with Crippen LogP contribution in [0.5, 0.6) is 0 Å². The average Bonchev–Trinajstić information content (AvgIpc) is 1.82. The summed E-state index contributed by atoms with van der Waals surface area (Å²) in [6.45, 7) is 12.3. The smallest absolute Gasteiger partial charge is 0.305 e. The van der Waals surface area contributed by atoms with Gasteiger partial charge in [0.15, 0.2) is 0 Å². The van der Waals surface area contributed by atoms with Gasteiger partial charge in [-0.1, -0.05) is 20.4 Å². The number of carbonyl (C=O) groups excluding carboxylic acids is 1. The van der Waals surface area contributed by atoms with Gasteiger partial charge < -0.3 is 9.47 Å². The summed E-state index contributed by atoms with van der Waals surface area (Å²) in [4.78, 5) is 10.8. The van der Waals surface area contributed by atoms with Crippen LogP contribution in [0.3, 0.4) is 0 Å². The van der Waals surface area contributed by atoms with Crippen molar-refractivity contribution in [2.75, 3.05) is 0 Å². The molecule has 3 nitrogen and oxygen atoms in total. The highest BCUT2D eigenvalue weighted by Gasteiger charge is 2.33. The van der Waals surface area contributed by atoms with Crippen LogP contribution in [-0.2, 0) is 14.3 Å². The molecule has 0 radical (unpaired) electrons. The zero-order valence-corrected chi connectivity index (χ0v) is 9.01. The normalized spacial score (nSPS) is 14.9. The summed E-state index contributed by atoms with van der Waals surface area (Å²) in [5.74, 6) is -0.638. The maximum atomic E-state index is 10.8. The highest BCUT2D eigenvalue weighted by atomic mass is 16.7. The number of esters is 1. The lowest BCUT2D eigenvalue weighted by Gasteiger charge is -2.33. The fraction of sp³-hybridized carbons (Fsp3) is 0.700. The van der Waals surface area contributed by atoms with Crippen LogP contribution in [0.1, 0.15) is 34.6 Å². The number of ether oxygens (including phenoxy) is 2. The van der Waals surface area contributed by atoms with E-state index in [1.807, 2.05) is 13.8 Å². The van der Waals surface area contributed by atoms with Gasteiger partial charge in [-0.05, 0) is 6.92 Å². The van der Waals surface area contributed by atoms with Crippen LogP contribution < -0.4 is 0 Å². The molecule has 0 fully saturated rings. The van der Waals surface area contributed by atoms with E-state index in [1.54, 1.807) is 13.8 Å². The van der Waals surface area contributed by atoms with Gasteiger partial charge in [0.05, 0.1) is 5.76 Å². The van der Waals surface area contributed by atoms with Crippen molar-refractivity contribution in [2.24, 2.45) is 5.92 Å². The molecular weight excluding hydrogens is 168 g/mol. The molecule has 3 heteroatoms. The summed E-state index contributed by atoms with van der Waals surface area (Å²) in [7, 11) is 0. The lowest BCUT2D eigenvalue weighted by atomic mass is 10.1. The van der Waals surface area contributed by atoms with Crippen LogP contribution in [0.15, 0.2) is 12.3 Å². The third-order valence-electron chi connectivity index (χ3n) is 1.77. The first-order chi connectivity index (χ1) is 5.78. The molecule has 0 heterocycles. The minimum Gasteiger partial charge on any atom is -0.458 e. The molecular formula is C10H18O3. The van der Waals surface area contributed by atoms with Gasteiger partial charge in [0.2, 0.25) is 0 Å². The number of allylic oxidation sites excluding steroid dienone is 1. The van der Waals surface area contributed by atoms with E-state index in [2.05, 4.69) is 6.58 Å². The Bertz CT molecular complexity index is 190. The van der Waals surface area contributed by atoms with Gasteiger partial charge in [0.1, 0.15) is 0 Å². The first kappa shape index (κ1) is 12.0. The molecule has 0 saturated heterocycles. The molecule has 0 aliphatic carbocycles. The Balaban J connectivity index is 4.52. The van der Waals surface area contributed by atoms with E-state index in [1.165, 1.54) is 6.92 Å². The van der Waals surface area contributed by atoms with Crippen LogP contribution in [0.2, 0.25) is 0 Å². The van der Waals surface area contributed by atoms with E-state index in [0.29, 0.717) is 5.76 Å². The molecule has 0 bridgehead atoms. The van der Waals surface area contributed by atoms with Crippen molar-refractivity contribution < 1.29 is 14.3 Å². The van der Waals surface area contributed by atoms with Gasteiger partial charge in [-0.25, -0.2) is 0 Å². The number of carbonyl (C=O) groups is 1. The molecule has 0 aromatic heterocycles. The van der Waals surface area contributed by atoms with Crippen LogP contribution in [0.25, 0.3) is 0 Å². The molecule has 0 saturated carbocycles. The third kappa shape index (κ3) is 3.97. The summed E-state index contributed by atoms with van der Waals surface area (Å²) in [6, 6.07) is 0.